The van der Waals surface area contributed by atoms with E-state index in [1.807, 2.05) is 0 Å². The Hall–Kier alpha value is -1.39. The van der Waals surface area contributed by atoms with E-state index in [1.54, 1.807) is 6.07 Å². The Morgan fingerprint density at radius 3 is 2.92 bits per heavy atom. The maximum absolute atomic E-state index is 11.3. The van der Waals surface area contributed by atoms with Crippen LogP contribution in [-0.4, -0.2) is 24.7 Å². The van der Waals surface area contributed by atoms with Crippen LogP contribution in [0.5, 0.6) is 0 Å². The molecule has 70 valence electrons. The molecule has 0 radical (unpaired) electrons. The maximum Gasteiger partial charge on any atom is 0.258 e. The molecule has 0 spiro atoms. The van der Waals surface area contributed by atoms with Crippen molar-refractivity contribution in [2.45, 2.75) is 18.0 Å². The van der Waals surface area contributed by atoms with Gasteiger partial charge in [0, 0.05) is 0 Å². The maximum atomic E-state index is 11.3. The number of hydrogen-bond acceptors (Lipinski definition) is 4. The molecule has 1 unspecified atom stereocenters. The number of rotatable bonds is 3. The summed E-state index contributed by atoms with van der Waals surface area (Å²) in [5.41, 5.74) is 0. The molecule has 13 heavy (non-hydrogen) atoms. The normalized spacial score (nSPS) is 13.5. The highest BCUT2D eigenvalue weighted by Gasteiger charge is 2.17. The standard InChI is InChI=1S/C6H8N4O2S/c1-5(4-7)10-13(11,12)6-2-3-8-9-6/h2-3,5,10H,1H3,(H,8,9). The summed E-state index contributed by atoms with van der Waals surface area (Å²) in [5, 5.41) is 14.1. The first-order chi connectivity index (χ1) is 6.06. The van der Waals surface area contributed by atoms with Crippen LogP contribution < -0.4 is 4.72 Å². The second kappa shape index (κ2) is 3.55. The molecule has 1 heterocycles. The molecule has 0 bridgehead atoms. The molecule has 0 saturated heterocycles. The predicted octanol–water partition coefficient (Wildman–Crippen LogP) is -0.400. The lowest BCUT2D eigenvalue weighted by Gasteiger charge is -2.04. The fourth-order valence-corrected chi connectivity index (χ4v) is 1.77. The van der Waals surface area contributed by atoms with Crippen LogP contribution in [-0.2, 0) is 10.0 Å². The van der Waals surface area contributed by atoms with Gasteiger partial charge in [0.25, 0.3) is 10.0 Å². The topological polar surface area (TPSA) is 98.6 Å². The zero-order chi connectivity index (χ0) is 9.90. The smallest absolute Gasteiger partial charge is 0.258 e. The van der Waals surface area contributed by atoms with Crippen LogP contribution >= 0.6 is 0 Å². The molecule has 1 rings (SSSR count). The predicted molar refractivity (Wildman–Crippen MR) is 44.0 cm³/mol. The first-order valence-corrected chi connectivity index (χ1v) is 4.96. The largest absolute Gasteiger partial charge is 0.266 e. The summed E-state index contributed by atoms with van der Waals surface area (Å²) in [4.78, 5) is 0. The van der Waals surface area contributed by atoms with E-state index in [9.17, 15) is 8.42 Å². The molecule has 1 aromatic rings. The van der Waals surface area contributed by atoms with Crippen molar-refractivity contribution in [3.8, 4) is 6.07 Å². The van der Waals surface area contributed by atoms with Crippen molar-refractivity contribution in [2.75, 3.05) is 0 Å². The van der Waals surface area contributed by atoms with Gasteiger partial charge in [0.15, 0.2) is 5.03 Å². The van der Waals surface area contributed by atoms with Crippen molar-refractivity contribution in [3.05, 3.63) is 12.3 Å². The van der Waals surface area contributed by atoms with E-state index in [0.717, 1.165) is 0 Å². The van der Waals surface area contributed by atoms with Gasteiger partial charge in [-0.2, -0.15) is 15.1 Å². The summed E-state index contributed by atoms with van der Waals surface area (Å²) in [6.07, 6.45) is 1.33. The summed E-state index contributed by atoms with van der Waals surface area (Å²) in [7, 11) is -3.62. The Kier molecular flexibility index (Phi) is 2.65. The van der Waals surface area contributed by atoms with Gasteiger partial charge in [0.05, 0.1) is 12.3 Å². The first kappa shape index (κ1) is 9.70. The lowest BCUT2D eigenvalue weighted by Crippen LogP contribution is -2.31. The van der Waals surface area contributed by atoms with Gasteiger partial charge in [-0.3, -0.25) is 5.10 Å². The van der Waals surface area contributed by atoms with E-state index in [2.05, 4.69) is 14.9 Å². The highest BCUT2D eigenvalue weighted by molar-refractivity contribution is 7.89. The summed E-state index contributed by atoms with van der Waals surface area (Å²) >= 11 is 0. The molecular formula is C6H8N4O2S. The van der Waals surface area contributed by atoms with E-state index in [1.165, 1.54) is 19.2 Å². The Labute approximate surface area is 75.6 Å². The van der Waals surface area contributed by atoms with E-state index in [0.29, 0.717) is 0 Å². The molecule has 0 saturated carbocycles. The number of H-pyrrole nitrogens is 1. The average Bonchev–Trinajstić information content (AvgIpc) is 2.55. The average molecular weight is 200 g/mol. The Morgan fingerprint density at radius 2 is 2.46 bits per heavy atom. The van der Waals surface area contributed by atoms with E-state index in [-0.39, 0.29) is 5.03 Å². The highest BCUT2D eigenvalue weighted by Crippen LogP contribution is 2.02. The quantitative estimate of drug-likeness (QED) is 0.693. The molecule has 1 aromatic heterocycles. The number of aromatic amines is 1. The lowest BCUT2D eigenvalue weighted by molar-refractivity contribution is 0.573. The Morgan fingerprint density at radius 1 is 1.77 bits per heavy atom. The van der Waals surface area contributed by atoms with Gasteiger partial charge < -0.3 is 0 Å². The number of aromatic nitrogens is 2. The third-order valence-corrected chi connectivity index (χ3v) is 2.76. The van der Waals surface area contributed by atoms with Crippen molar-refractivity contribution in [2.24, 2.45) is 0 Å². The van der Waals surface area contributed by atoms with E-state index < -0.39 is 16.1 Å². The third-order valence-electron chi connectivity index (χ3n) is 1.29. The molecule has 0 fully saturated rings. The van der Waals surface area contributed by atoms with Crippen LogP contribution in [0.3, 0.4) is 0 Å². The van der Waals surface area contributed by atoms with Crippen LogP contribution in [0.2, 0.25) is 0 Å². The first-order valence-electron chi connectivity index (χ1n) is 3.47. The zero-order valence-electron chi connectivity index (χ0n) is 6.85. The van der Waals surface area contributed by atoms with Crippen LogP contribution in [0.4, 0.5) is 0 Å². The molecule has 0 aliphatic heterocycles. The minimum Gasteiger partial charge on any atom is -0.266 e. The van der Waals surface area contributed by atoms with Crippen molar-refractivity contribution in [3.63, 3.8) is 0 Å². The van der Waals surface area contributed by atoms with Crippen molar-refractivity contribution < 1.29 is 8.42 Å². The van der Waals surface area contributed by atoms with Gasteiger partial charge >= 0.3 is 0 Å². The molecule has 7 heteroatoms. The monoisotopic (exact) mass is 200 g/mol. The summed E-state index contributed by atoms with van der Waals surface area (Å²) < 4.78 is 24.8. The number of nitrogens with one attached hydrogen (secondary N) is 2. The molecule has 2 N–H and O–H groups in total. The van der Waals surface area contributed by atoms with E-state index in [4.69, 9.17) is 5.26 Å². The second-order valence-corrected chi connectivity index (χ2v) is 4.08. The highest BCUT2D eigenvalue weighted by atomic mass is 32.2. The van der Waals surface area contributed by atoms with Crippen LogP contribution in [0.1, 0.15) is 6.92 Å². The summed E-state index contributed by atoms with van der Waals surface area (Å²) in [6, 6.07) is 2.31. The molecule has 0 aliphatic carbocycles. The number of hydrogen-bond donors (Lipinski definition) is 2. The Bertz CT molecular complexity index is 402. The van der Waals surface area contributed by atoms with Gasteiger partial charge in [-0.25, -0.2) is 8.42 Å². The minimum atomic E-state index is -3.62. The van der Waals surface area contributed by atoms with Crippen molar-refractivity contribution in [1.29, 1.82) is 5.26 Å². The molecule has 0 aromatic carbocycles. The van der Waals surface area contributed by atoms with Crippen LogP contribution in [0.25, 0.3) is 0 Å². The van der Waals surface area contributed by atoms with Gasteiger partial charge in [0.1, 0.15) is 6.04 Å². The van der Waals surface area contributed by atoms with Gasteiger partial charge in [-0.15, -0.1) is 0 Å². The number of nitriles is 1. The van der Waals surface area contributed by atoms with Gasteiger partial charge in [0.2, 0.25) is 0 Å². The SMILES string of the molecule is CC(C#N)NS(=O)(=O)c1ccn[nH]1. The number of nitrogens with zero attached hydrogens (tertiary/aromatic N) is 2. The number of sulfonamides is 1. The summed E-state index contributed by atoms with van der Waals surface area (Å²) in [5.74, 6) is 0. The van der Waals surface area contributed by atoms with Crippen molar-refractivity contribution >= 4 is 10.0 Å². The molecular weight excluding hydrogens is 192 g/mol. The third kappa shape index (κ3) is 2.27. The molecule has 0 amide bonds. The molecule has 6 nitrogen and oxygen atoms in total. The summed E-state index contributed by atoms with van der Waals surface area (Å²) in [6.45, 7) is 1.45. The van der Waals surface area contributed by atoms with Gasteiger partial charge in [-0.05, 0) is 13.0 Å². The molecule has 0 aliphatic rings. The fraction of sp³-hybridized carbons (Fsp3) is 0.333. The minimum absolute atomic E-state index is 0.0467. The zero-order valence-corrected chi connectivity index (χ0v) is 7.67. The van der Waals surface area contributed by atoms with Crippen LogP contribution in [0.15, 0.2) is 17.3 Å². The fourth-order valence-electron chi connectivity index (χ4n) is 0.715. The van der Waals surface area contributed by atoms with Gasteiger partial charge in [-0.1, -0.05) is 0 Å². The van der Waals surface area contributed by atoms with Crippen LogP contribution in [0, 0.1) is 11.3 Å². The Balaban J connectivity index is 2.87. The van der Waals surface area contributed by atoms with Crippen molar-refractivity contribution in [1.82, 2.24) is 14.9 Å². The van der Waals surface area contributed by atoms with E-state index >= 15 is 0 Å². The molecule has 1 atom stereocenters. The second-order valence-electron chi connectivity index (χ2n) is 2.39. The lowest BCUT2D eigenvalue weighted by atomic mass is 10.4.